The summed E-state index contributed by atoms with van der Waals surface area (Å²) in [5.74, 6) is -1.72. The van der Waals surface area contributed by atoms with Crippen LogP contribution in [0.25, 0.3) is 10.4 Å². The van der Waals surface area contributed by atoms with Crippen LogP contribution in [0.15, 0.2) is 41.8 Å². The van der Waals surface area contributed by atoms with E-state index in [0.29, 0.717) is 5.56 Å². The molecule has 2 aromatic rings. The second kappa shape index (κ2) is 4.94. The van der Waals surface area contributed by atoms with E-state index in [4.69, 9.17) is 0 Å². The van der Waals surface area contributed by atoms with Gasteiger partial charge in [0.25, 0.3) is 0 Å². The summed E-state index contributed by atoms with van der Waals surface area (Å²) in [7, 11) is 0. The lowest BCUT2D eigenvalue weighted by molar-refractivity contribution is -0.170. The van der Waals surface area contributed by atoms with E-state index in [0.717, 1.165) is 10.4 Å². The van der Waals surface area contributed by atoms with Gasteiger partial charge in [-0.25, -0.2) is 0 Å². The second-order valence-electron chi connectivity index (χ2n) is 3.77. The van der Waals surface area contributed by atoms with Gasteiger partial charge in [0.05, 0.1) is 0 Å². The maximum absolute atomic E-state index is 12.1. The van der Waals surface area contributed by atoms with E-state index >= 15 is 0 Å². The van der Waals surface area contributed by atoms with Crippen molar-refractivity contribution in [1.82, 2.24) is 0 Å². The third kappa shape index (κ3) is 2.98. The fourth-order valence-electron chi connectivity index (χ4n) is 1.52. The standard InChI is InChI=1S/C13H9F3OS/c14-13(15,16)12(17)8-9-3-5-10(6-4-9)11-2-1-7-18-11/h1-7H,8H2. The molecule has 0 N–H and O–H groups in total. The first kappa shape index (κ1) is 12.8. The molecule has 0 aliphatic carbocycles. The number of alkyl halides is 3. The summed E-state index contributed by atoms with van der Waals surface area (Å²) in [6.45, 7) is 0. The minimum Gasteiger partial charge on any atom is -0.289 e. The van der Waals surface area contributed by atoms with Gasteiger partial charge >= 0.3 is 6.18 Å². The molecule has 0 fully saturated rings. The van der Waals surface area contributed by atoms with E-state index in [1.54, 1.807) is 35.6 Å². The third-order valence-electron chi connectivity index (χ3n) is 2.44. The Hall–Kier alpha value is -1.62. The Kier molecular flexibility index (Phi) is 3.52. The van der Waals surface area contributed by atoms with Crippen molar-refractivity contribution in [3.63, 3.8) is 0 Å². The van der Waals surface area contributed by atoms with Gasteiger partial charge in [-0.05, 0) is 22.6 Å². The van der Waals surface area contributed by atoms with E-state index in [1.807, 2.05) is 17.5 Å². The van der Waals surface area contributed by atoms with Crippen LogP contribution in [-0.4, -0.2) is 12.0 Å². The molecule has 0 saturated carbocycles. The van der Waals surface area contributed by atoms with Crippen LogP contribution in [-0.2, 0) is 11.2 Å². The van der Waals surface area contributed by atoms with Gasteiger partial charge in [-0.15, -0.1) is 11.3 Å². The molecule has 0 amide bonds. The first-order chi connectivity index (χ1) is 8.47. The second-order valence-corrected chi connectivity index (χ2v) is 4.72. The molecular formula is C13H9F3OS. The van der Waals surface area contributed by atoms with Crippen molar-refractivity contribution >= 4 is 17.1 Å². The molecule has 0 aliphatic rings. The minimum absolute atomic E-state index is 0.373. The number of rotatable bonds is 3. The molecule has 0 radical (unpaired) electrons. The molecule has 18 heavy (non-hydrogen) atoms. The molecule has 1 heterocycles. The van der Waals surface area contributed by atoms with Gasteiger partial charge in [-0.3, -0.25) is 4.79 Å². The Balaban J connectivity index is 2.12. The SMILES string of the molecule is O=C(Cc1ccc(-c2cccs2)cc1)C(F)(F)F. The summed E-state index contributed by atoms with van der Waals surface area (Å²) in [6, 6.07) is 10.4. The van der Waals surface area contributed by atoms with Crippen LogP contribution in [0, 0.1) is 0 Å². The molecule has 1 nitrogen and oxygen atoms in total. The van der Waals surface area contributed by atoms with Crippen molar-refractivity contribution in [2.45, 2.75) is 12.6 Å². The Morgan fingerprint density at radius 3 is 2.28 bits per heavy atom. The van der Waals surface area contributed by atoms with Crippen LogP contribution in [0.5, 0.6) is 0 Å². The van der Waals surface area contributed by atoms with Crippen LogP contribution in [0.4, 0.5) is 13.2 Å². The van der Waals surface area contributed by atoms with Crippen molar-refractivity contribution < 1.29 is 18.0 Å². The zero-order valence-electron chi connectivity index (χ0n) is 9.20. The van der Waals surface area contributed by atoms with E-state index in [-0.39, 0.29) is 0 Å². The number of Topliss-reactive ketones (excluding diaryl/α,β-unsaturated/α-hetero) is 1. The summed E-state index contributed by atoms with van der Waals surface area (Å²) >= 11 is 1.55. The number of carbonyl (C=O) groups is 1. The van der Waals surface area contributed by atoms with E-state index in [9.17, 15) is 18.0 Å². The molecule has 94 valence electrons. The molecule has 1 aromatic heterocycles. The first-order valence-electron chi connectivity index (χ1n) is 5.19. The van der Waals surface area contributed by atoms with Crippen LogP contribution >= 0.6 is 11.3 Å². The summed E-state index contributed by atoms with van der Waals surface area (Å²) in [5.41, 5.74) is 1.31. The van der Waals surface area contributed by atoms with Gasteiger partial charge < -0.3 is 0 Å². The Morgan fingerprint density at radius 1 is 1.11 bits per heavy atom. The quantitative estimate of drug-likeness (QED) is 0.821. The minimum atomic E-state index is -4.76. The Morgan fingerprint density at radius 2 is 1.78 bits per heavy atom. The molecule has 2 rings (SSSR count). The third-order valence-corrected chi connectivity index (χ3v) is 3.36. The number of thiophene rings is 1. The van der Waals surface area contributed by atoms with E-state index < -0.39 is 18.4 Å². The number of halogens is 3. The van der Waals surface area contributed by atoms with E-state index in [1.165, 1.54) is 0 Å². The molecule has 5 heteroatoms. The van der Waals surface area contributed by atoms with Crippen LogP contribution in [0.2, 0.25) is 0 Å². The lowest BCUT2D eigenvalue weighted by Gasteiger charge is -2.05. The normalized spacial score (nSPS) is 11.5. The zero-order chi connectivity index (χ0) is 13.2. The van der Waals surface area contributed by atoms with Crippen molar-refractivity contribution in [3.8, 4) is 10.4 Å². The van der Waals surface area contributed by atoms with Crippen LogP contribution in [0.1, 0.15) is 5.56 Å². The fourth-order valence-corrected chi connectivity index (χ4v) is 2.25. The molecule has 0 unspecified atom stereocenters. The number of carbonyl (C=O) groups excluding carboxylic acids is 1. The smallest absolute Gasteiger partial charge is 0.289 e. The van der Waals surface area contributed by atoms with Crippen LogP contribution in [0.3, 0.4) is 0 Å². The van der Waals surface area contributed by atoms with Gasteiger partial charge in [-0.2, -0.15) is 13.2 Å². The maximum Gasteiger partial charge on any atom is 0.450 e. The number of benzene rings is 1. The molecule has 0 spiro atoms. The van der Waals surface area contributed by atoms with Crippen molar-refractivity contribution in [2.75, 3.05) is 0 Å². The Labute approximate surface area is 106 Å². The van der Waals surface area contributed by atoms with E-state index in [2.05, 4.69) is 0 Å². The first-order valence-corrected chi connectivity index (χ1v) is 6.07. The van der Waals surface area contributed by atoms with Gasteiger partial charge in [-0.1, -0.05) is 30.3 Å². The highest BCUT2D eigenvalue weighted by atomic mass is 32.1. The number of hydrogen-bond acceptors (Lipinski definition) is 2. The highest BCUT2D eigenvalue weighted by molar-refractivity contribution is 7.13. The molecule has 0 atom stereocenters. The summed E-state index contributed by atoms with van der Waals surface area (Å²) < 4.78 is 36.3. The predicted molar refractivity (Wildman–Crippen MR) is 64.5 cm³/mol. The molecular weight excluding hydrogens is 261 g/mol. The Bertz CT molecular complexity index is 526. The molecule has 0 aliphatic heterocycles. The summed E-state index contributed by atoms with van der Waals surface area (Å²) in [6.07, 6.45) is -5.36. The van der Waals surface area contributed by atoms with Gasteiger partial charge in [0.2, 0.25) is 5.78 Å². The average molecular weight is 270 g/mol. The lowest BCUT2D eigenvalue weighted by atomic mass is 10.1. The van der Waals surface area contributed by atoms with Gasteiger partial charge in [0.1, 0.15) is 0 Å². The van der Waals surface area contributed by atoms with Gasteiger partial charge in [0.15, 0.2) is 0 Å². The molecule has 0 saturated heterocycles. The fraction of sp³-hybridized carbons (Fsp3) is 0.154. The predicted octanol–water partition coefficient (Wildman–Crippen LogP) is 4.09. The van der Waals surface area contributed by atoms with Crippen molar-refractivity contribution in [1.29, 1.82) is 0 Å². The zero-order valence-corrected chi connectivity index (χ0v) is 10.0. The average Bonchev–Trinajstić information content (AvgIpc) is 2.82. The largest absolute Gasteiger partial charge is 0.450 e. The highest BCUT2D eigenvalue weighted by Crippen LogP contribution is 2.25. The van der Waals surface area contributed by atoms with Crippen molar-refractivity contribution in [3.05, 3.63) is 47.3 Å². The maximum atomic E-state index is 12.1. The topological polar surface area (TPSA) is 17.1 Å². The summed E-state index contributed by atoms with van der Waals surface area (Å²) in [5, 5.41) is 1.93. The molecule has 0 bridgehead atoms. The van der Waals surface area contributed by atoms with Crippen LogP contribution < -0.4 is 0 Å². The summed E-state index contributed by atoms with van der Waals surface area (Å²) in [4.78, 5) is 11.9. The van der Waals surface area contributed by atoms with Gasteiger partial charge in [0, 0.05) is 11.3 Å². The monoisotopic (exact) mass is 270 g/mol. The number of ketones is 1. The lowest BCUT2D eigenvalue weighted by Crippen LogP contribution is -2.24. The molecule has 1 aromatic carbocycles. The van der Waals surface area contributed by atoms with Crippen molar-refractivity contribution in [2.24, 2.45) is 0 Å². The highest BCUT2D eigenvalue weighted by Gasteiger charge is 2.37. The number of hydrogen-bond donors (Lipinski definition) is 0.